The molecule has 2 aromatic carbocycles. The average Bonchev–Trinajstić information content (AvgIpc) is 2.47. The van der Waals surface area contributed by atoms with E-state index in [4.69, 9.17) is 20.6 Å². The van der Waals surface area contributed by atoms with Crippen molar-refractivity contribution < 1.29 is 17.4 Å². The lowest BCUT2D eigenvalue weighted by atomic mass is 10.2. The van der Waals surface area contributed by atoms with Crippen molar-refractivity contribution in [2.75, 3.05) is 10.8 Å². The summed E-state index contributed by atoms with van der Waals surface area (Å²) >= 11 is 6.01. The Bertz CT molecular complexity index is 807. The fraction of sp³-hybridized carbons (Fsp3) is 0.200. The molecule has 1 heterocycles. The minimum Gasteiger partial charge on any atom is -0.453 e. The van der Waals surface area contributed by atoms with Crippen molar-refractivity contribution >= 4 is 33.1 Å². The second kappa shape index (κ2) is 5.79. The topological polar surface area (TPSA) is 55.8 Å². The van der Waals surface area contributed by atoms with E-state index in [1.54, 1.807) is 49.4 Å². The highest BCUT2D eigenvalue weighted by molar-refractivity contribution is 7.86. The highest BCUT2D eigenvalue weighted by atomic mass is 35.5. The molecule has 22 heavy (non-hydrogen) atoms. The molecular formula is C15H14ClNO4S. The molecular weight excluding hydrogens is 326 g/mol. The first-order chi connectivity index (χ1) is 10.5. The van der Waals surface area contributed by atoms with Crippen LogP contribution in [0.2, 0.25) is 5.02 Å². The van der Waals surface area contributed by atoms with Crippen LogP contribution in [0.25, 0.3) is 0 Å². The minimum absolute atomic E-state index is 0.0670. The monoisotopic (exact) mass is 339 g/mol. The number of hydrogen-bond acceptors (Lipinski definition) is 5. The van der Waals surface area contributed by atoms with Gasteiger partial charge >= 0.3 is 0 Å². The molecule has 2 aromatic rings. The van der Waals surface area contributed by atoms with Crippen LogP contribution in [-0.2, 0) is 14.4 Å². The Labute approximate surface area is 134 Å². The zero-order valence-corrected chi connectivity index (χ0v) is 13.4. The Morgan fingerprint density at radius 3 is 2.64 bits per heavy atom. The molecule has 116 valence electrons. The number of hydrogen-bond donors (Lipinski definition) is 0. The van der Waals surface area contributed by atoms with Gasteiger partial charge in [0.15, 0.2) is 11.5 Å². The molecule has 1 aliphatic heterocycles. The number of rotatable bonds is 4. The Balaban J connectivity index is 2.10. The number of benzene rings is 2. The molecule has 0 N–H and O–H groups in total. The quantitative estimate of drug-likeness (QED) is 0.833. The summed E-state index contributed by atoms with van der Waals surface area (Å²) in [7, 11) is -3.70. The standard InChI is InChI=1S/C15H14ClNO4S/c1-2-9-22(18,19)21-17-12-5-3-4-6-14(12)20-15-8-7-11(16)10-13(15)17/h3-8,10H,2,9H2,1H3. The SMILES string of the molecule is CCCS(=O)(=O)ON1c2ccccc2Oc2ccc(Cl)cc21. The first-order valence-corrected chi connectivity index (χ1v) is 8.74. The van der Waals surface area contributed by atoms with Gasteiger partial charge in [-0.1, -0.05) is 30.7 Å². The molecule has 1 aliphatic rings. The van der Waals surface area contributed by atoms with Gasteiger partial charge in [0, 0.05) is 5.02 Å². The van der Waals surface area contributed by atoms with Gasteiger partial charge in [0.05, 0.1) is 5.75 Å². The van der Waals surface area contributed by atoms with Crippen LogP contribution in [0.15, 0.2) is 42.5 Å². The van der Waals surface area contributed by atoms with Gasteiger partial charge in [0.2, 0.25) is 0 Å². The van der Waals surface area contributed by atoms with E-state index in [0.717, 1.165) is 0 Å². The number of fused-ring (bicyclic) bond motifs is 2. The predicted octanol–water partition coefficient (Wildman–Crippen LogP) is 4.26. The van der Waals surface area contributed by atoms with Crippen molar-refractivity contribution in [3.63, 3.8) is 0 Å². The highest BCUT2D eigenvalue weighted by Gasteiger charge is 2.29. The maximum atomic E-state index is 12.1. The summed E-state index contributed by atoms with van der Waals surface area (Å²) in [4.78, 5) is 0. The molecule has 7 heteroatoms. The van der Waals surface area contributed by atoms with Crippen LogP contribution >= 0.6 is 11.6 Å². The van der Waals surface area contributed by atoms with Crippen LogP contribution in [-0.4, -0.2) is 14.2 Å². The van der Waals surface area contributed by atoms with Crippen molar-refractivity contribution in [3.05, 3.63) is 47.5 Å². The van der Waals surface area contributed by atoms with Gasteiger partial charge in [0.1, 0.15) is 11.4 Å². The smallest absolute Gasteiger partial charge is 0.288 e. The zero-order valence-electron chi connectivity index (χ0n) is 11.8. The summed E-state index contributed by atoms with van der Waals surface area (Å²) < 4.78 is 35.2. The maximum Gasteiger partial charge on any atom is 0.288 e. The molecule has 5 nitrogen and oxygen atoms in total. The van der Waals surface area contributed by atoms with Crippen LogP contribution in [0.1, 0.15) is 13.3 Å². The van der Waals surface area contributed by atoms with Crippen molar-refractivity contribution in [2.45, 2.75) is 13.3 Å². The molecule has 0 aliphatic carbocycles. The van der Waals surface area contributed by atoms with E-state index < -0.39 is 10.1 Å². The van der Waals surface area contributed by atoms with E-state index in [9.17, 15) is 8.42 Å². The molecule has 0 spiro atoms. The van der Waals surface area contributed by atoms with Crippen molar-refractivity contribution in [3.8, 4) is 11.5 Å². The number of halogens is 1. The normalized spacial score (nSPS) is 13.3. The number of ether oxygens (including phenoxy) is 1. The Hall–Kier alpha value is -1.76. The second-order valence-corrected chi connectivity index (χ2v) is 6.92. The van der Waals surface area contributed by atoms with E-state index in [-0.39, 0.29) is 5.75 Å². The van der Waals surface area contributed by atoms with Crippen LogP contribution in [0, 0.1) is 0 Å². The van der Waals surface area contributed by atoms with Crippen molar-refractivity contribution in [1.82, 2.24) is 0 Å². The fourth-order valence-electron chi connectivity index (χ4n) is 2.18. The molecule has 0 fully saturated rings. The van der Waals surface area contributed by atoms with E-state index in [1.807, 2.05) is 0 Å². The third-order valence-corrected chi connectivity index (χ3v) is 4.61. The molecule has 3 rings (SSSR count). The lowest BCUT2D eigenvalue weighted by molar-refractivity contribution is 0.308. The van der Waals surface area contributed by atoms with Gasteiger partial charge in [-0.3, -0.25) is 0 Å². The van der Waals surface area contributed by atoms with Crippen molar-refractivity contribution in [2.24, 2.45) is 0 Å². The summed E-state index contributed by atoms with van der Waals surface area (Å²) in [6, 6.07) is 12.0. The molecule has 0 atom stereocenters. The van der Waals surface area contributed by atoms with E-state index in [1.165, 1.54) is 5.06 Å². The van der Waals surface area contributed by atoms with Gasteiger partial charge in [-0.05, 0) is 36.8 Å². The maximum absolute atomic E-state index is 12.1. The lowest BCUT2D eigenvalue weighted by Crippen LogP contribution is -2.26. The Kier molecular flexibility index (Phi) is 3.99. The molecule has 0 amide bonds. The first kappa shape index (κ1) is 15.1. The fourth-order valence-corrected chi connectivity index (χ4v) is 3.30. The van der Waals surface area contributed by atoms with Crippen LogP contribution in [0.3, 0.4) is 0 Å². The summed E-state index contributed by atoms with van der Waals surface area (Å²) in [6.45, 7) is 1.78. The van der Waals surface area contributed by atoms with Crippen LogP contribution < -0.4 is 9.80 Å². The second-order valence-electron chi connectivity index (χ2n) is 4.81. The molecule has 0 saturated carbocycles. The van der Waals surface area contributed by atoms with Crippen LogP contribution in [0.4, 0.5) is 11.4 Å². The summed E-state index contributed by atoms with van der Waals surface area (Å²) in [5, 5.41) is 1.72. The van der Waals surface area contributed by atoms with Gasteiger partial charge in [-0.25, -0.2) is 0 Å². The summed E-state index contributed by atoms with van der Waals surface area (Å²) in [5.74, 6) is 0.932. The molecule has 0 bridgehead atoms. The van der Waals surface area contributed by atoms with Crippen molar-refractivity contribution in [1.29, 1.82) is 0 Å². The zero-order chi connectivity index (χ0) is 15.7. The molecule has 0 radical (unpaired) electrons. The van der Waals surface area contributed by atoms with E-state index >= 15 is 0 Å². The number of anilines is 2. The van der Waals surface area contributed by atoms with E-state index in [0.29, 0.717) is 34.3 Å². The average molecular weight is 340 g/mol. The summed E-state index contributed by atoms with van der Waals surface area (Å²) in [5.41, 5.74) is 0.961. The van der Waals surface area contributed by atoms with E-state index in [2.05, 4.69) is 0 Å². The number of nitrogens with zero attached hydrogens (tertiary/aromatic N) is 1. The Morgan fingerprint density at radius 1 is 1.14 bits per heavy atom. The first-order valence-electron chi connectivity index (χ1n) is 6.79. The minimum atomic E-state index is -3.70. The third-order valence-electron chi connectivity index (χ3n) is 3.09. The third kappa shape index (κ3) is 2.90. The van der Waals surface area contributed by atoms with Gasteiger partial charge < -0.3 is 4.74 Å². The van der Waals surface area contributed by atoms with Gasteiger partial charge in [0.25, 0.3) is 10.1 Å². The molecule has 0 unspecified atom stereocenters. The van der Waals surface area contributed by atoms with Gasteiger partial charge in [-0.2, -0.15) is 13.5 Å². The van der Waals surface area contributed by atoms with Crippen LogP contribution in [0.5, 0.6) is 11.5 Å². The largest absolute Gasteiger partial charge is 0.453 e. The highest BCUT2D eigenvalue weighted by Crippen LogP contribution is 2.47. The molecule has 0 saturated heterocycles. The number of para-hydroxylation sites is 2. The van der Waals surface area contributed by atoms with Gasteiger partial charge in [-0.15, -0.1) is 4.28 Å². The predicted molar refractivity (Wildman–Crippen MR) is 85.3 cm³/mol. The lowest BCUT2D eigenvalue weighted by Gasteiger charge is -2.30. The Morgan fingerprint density at radius 2 is 1.86 bits per heavy atom. The summed E-state index contributed by atoms with van der Waals surface area (Å²) in [6.07, 6.45) is 0.469. The molecule has 0 aromatic heterocycles.